The third-order valence-corrected chi connectivity index (χ3v) is 10.7. The van der Waals surface area contributed by atoms with E-state index >= 15 is 0 Å². The van der Waals surface area contributed by atoms with Crippen LogP contribution in [0.3, 0.4) is 0 Å². The van der Waals surface area contributed by atoms with Gasteiger partial charge < -0.3 is 19.4 Å². The van der Waals surface area contributed by atoms with Crippen molar-refractivity contribution in [2.45, 2.75) is 94.5 Å². The molecule has 0 bridgehead atoms. The molecule has 4 fully saturated rings. The summed E-state index contributed by atoms with van der Waals surface area (Å²) in [6.45, 7) is 7.23. The number of rotatable bonds is 6. The summed E-state index contributed by atoms with van der Waals surface area (Å²) in [5, 5.41) is 12.2. The van der Waals surface area contributed by atoms with Crippen LogP contribution in [0.5, 0.6) is 0 Å². The van der Waals surface area contributed by atoms with Crippen LogP contribution in [-0.4, -0.2) is 53.8 Å². The van der Waals surface area contributed by atoms with Gasteiger partial charge in [0.05, 0.1) is 24.5 Å². The van der Waals surface area contributed by atoms with Crippen LogP contribution < -0.4 is 0 Å². The zero-order chi connectivity index (χ0) is 25.3. The fraction of sp³-hybridized carbons (Fsp3) is 0.667. The van der Waals surface area contributed by atoms with Crippen molar-refractivity contribution in [3.63, 3.8) is 0 Å². The van der Waals surface area contributed by atoms with E-state index in [2.05, 4.69) is 38.1 Å². The lowest BCUT2D eigenvalue weighted by Crippen LogP contribution is -2.60. The fourth-order valence-corrected chi connectivity index (χ4v) is 9.02. The van der Waals surface area contributed by atoms with E-state index in [9.17, 15) is 4.79 Å². The van der Waals surface area contributed by atoms with Crippen LogP contribution in [0, 0.1) is 17.3 Å². The Morgan fingerprint density at radius 2 is 1.94 bits per heavy atom. The van der Waals surface area contributed by atoms with Crippen molar-refractivity contribution in [1.82, 2.24) is 0 Å². The highest BCUT2D eigenvalue weighted by atomic mass is 16.6. The highest BCUT2D eigenvalue weighted by Gasteiger charge is 2.84. The number of benzene rings is 1. The van der Waals surface area contributed by atoms with E-state index in [1.165, 1.54) is 17.4 Å². The maximum Gasteiger partial charge on any atom is 0.155 e. The number of oxime groups is 1. The Morgan fingerprint density at radius 3 is 2.64 bits per heavy atom. The fourth-order valence-electron chi connectivity index (χ4n) is 9.02. The van der Waals surface area contributed by atoms with Crippen molar-refractivity contribution in [1.29, 1.82) is 0 Å². The number of fused-ring (bicyclic) bond motifs is 2. The first kappa shape index (κ1) is 24.3. The number of carbonyl (C=O) groups is 1. The standard InChI is InChI=1S/C30H39NO5/c1-19(2)35-18-28(34-4)13-12-24-25-10-9-22-15-23(32)11-14-29(22)30(25,36-29)26(16-27(24,28)3)21-7-5-20(6-8-21)17-31-33/h5-8,15,17,19,24-26,33H,9-14,16,18H2,1-4H3/b31-17+/t24-,25-,26+,27-,28+,29-,30-/m0/s1. The molecule has 1 heterocycles. The minimum Gasteiger partial charge on any atom is -0.411 e. The zero-order valence-electron chi connectivity index (χ0n) is 22.0. The molecular formula is C30H39NO5. The molecule has 1 N–H and O–H groups in total. The number of methoxy groups -OCH3 is 1. The Bertz CT molecular complexity index is 1110. The van der Waals surface area contributed by atoms with Gasteiger partial charge in [-0.25, -0.2) is 0 Å². The van der Waals surface area contributed by atoms with Crippen molar-refractivity contribution in [3.05, 3.63) is 47.0 Å². The molecule has 36 heavy (non-hydrogen) atoms. The van der Waals surface area contributed by atoms with Gasteiger partial charge in [-0.1, -0.05) is 36.3 Å². The third kappa shape index (κ3) is 3.07. The summed E-state index contributed by atoms with van der Waals surface area (Å²) in [5.74, 6) is 1.34. The van der Waals surface area contributed by atoms with Crippen LogP contribution in [0.2, 0.25) is 0 Å². The van der Waals surface area contributed by atoms with E-state index in [4.69, 9.17) is 19.4 Å². The molecule has 6 nitrogen and oxygen atoms in total. The lowest BCUT2D eigenvalue weighted by atomic mass is 9.46. The van der Waals surface area contributed by atoms with E-state index in [0.29, 0.717) is 24.9 Å². The molecule has 1 saturated heterocycles. The minimum absolute atomic E-state index is 0.0543. The Kier molecular flexibility index (Phi) is 5.57. The molecule has 3 saturated carbocycles. The first-order chi connectivity index (χ1) is 17.2. The summed E-state index contributed by atoms with van der Waals surface area (Å²) in [4.78, 5) is 12.4. The molecule has 5 aliphatic rings. The lowest BCUT2D eigenvalue weighted by molar-refractivity contribution is -0.176. The molecule has 6 heteroatoms. The van der Waals surface area contributed by atoms with Crippen LogP contribution in [0.1, 0.15) is 82.8 Å². The SMILES string of the molecule is CO[C@@]1(COC(C)C)CC[C@H]2[C@@H]3CCC4=CC(=O)CC[C@]45O[C@]35[C@@H](c3ccc(/C=N/O)cc3)C[C@@]21C. The number of ketones is 1. The van der Waals surface area contributed by atoms with Gasteiger partial charge in [-0.3, -0.25) is 4.79 Å². The first-order valence-corrected chi connectivity index (χ1v) is 13.6. The number of nitrogens with zero attached hydrogens (tertiary/aromatic N) is 1. The summed E-state index contributed by atoms with van der Waals surface area (Å²) >= 11 is 0. The predicted octanol–water partition coefficient (Wildman–Crippen LogP) is 5.42. The van der Waals surface area contributed by atoms with E-state index in [-0.39, 0.29) is 40.0 Å². The van der Waals surface area contributed by atoms with Gasteiger partial charge in [0, 0.05) is 24.9 Å². The van der Waals surface area contributed by atoms with E-state index in [1.807, 2.05) is 25.3 Å². The summed E-state index contributed by atoms with van der Waals surface area (Å²) < 4.78 is 19.7. The van der Waals surface area contributed by atoms with Crippen LogP contribution in [0.4, 0.5) is 0 Å². The lowest BCUT2D eigenvalue weighted by Gasteiger charge is -2.57. The van der Waals surface area contributed by atoms with Crippen molar-refractivity contribution < 1.29 is 24.2 Å². The van der Waals surface area contributed by atoms with Gasteiger partial charge >= 0.3 is 0 Å². The van der Waals surface area contributed by atoms with Gasteiger partial charge in [-0.2, -0.15) is 0 Å². The normalized spacial score (nSPS) is 43.1. The second-order valence-corrected chi connectivity index (χ2v) is 12.3. The molecule has 7 atom stereocenters. The Hall–Kier alpha value is -2.02. The summed E-state index contributed by atoms with van der Waals surface area (Å²) in [6, 6.07) is 8.39. The molecule has 0 unspecified atom stereocenters. The van der Waals surface area contributed by atoms with Gasteiger partial charge in [0.25, 0.3) is 0 Å². The molecular weight excluding hydrogens is 454 g/mol. The van der Waals surface area contributed by atoms with Gasteiger partial charge in [0.2, 0.25) is 0 Å². The molecule has 1 aliphatic heterocycles. The second kappa shape index (κ2) is 8.24. The Balaban J connectivity index is 1.46. The molecule has 194 valence electrons. The smallest absolute Gasteiger partial charge is 0.155 e. The maximum atomic E-state index is 12.4. The van der Waals surface area contributed by atoms with Crippen molar-refractivity contribution >= 4 is 12.0 Å². The molecule has 0 radical (unpaired) electrons. The quantitative estimate of drug-likeness (QED) is 0.248. The number of ether oxygens (including phenoxy) is 3. The number of hydrogen-bond donors (Lipinski definition) is 1. The van der Waals surface area contributed by atoms with E-state index < -0.39 is 0 Å². The van der Waals surface area contributed by atoms with Crippen molar-refractivity contribution in [3.8, 4) is 0 Å². The van der Waals surface area contributed by atoms with Crippen LogP contribution >= 0.6 is 0 Å². The minimum atomic E-state index is -0.327. The van der Waals surface area contributed by atoms with E-state index in [0.717, 1.165) is 44.1 Å². The van der Waals surface area contributed by atoms with Crippen LogP contribution in [0.25, 0.3) is 0 Å². The van der Waals surface area contributed by atoms with Crippen LogP contribution in [-0.2, 0) is 19.0 Å². The predicted molar refractivity (Wildman–Crippen MR) is 136 cm³/mol. The average molecular weight is 494 g/mol. The summed E-state index contributed by atoms with van der Waals surface area (Å²) in [5.41, 5.74) is 2.41. The first-order valence-electron chi connectivity index (χ1n) is 13.6. The molecule has 1 aromatic carbocycles. The second-order valence-electron chi connectivity index (χ2n) is 12.3. The molecule has 0 amide bonds. The highest BCUT2D eigenvalue weighted by molar-refractivity contribution is 5.92. The Labute approximate surface area is 214 Å². The van der Waals surface area contributed by atoms with Crippen molar-refractivity contribution in [2.75, 3.05) is 13.7 Å². The number of hydrogen-bond acceptors (Lipinski definition) is 6. The topological polar surface area (TPSA) is 80.7 Å². The zero-order valence-corrected chi connectivity index (χ0v) is 22.0. The van der Waals surface area contributed by atoms with Gasteiger partial charge in [-0.15, -0.1) is 0 Å². The third-order valence-electron chi connectivity index (χ3n) is 10.7. The summed E-state index contributed by atoms with van der Waals surface area (Å²) in [7, 11) is 1.86. The molecule has 2 spiro atoms. The van der Waals surface area contributed by atoms with E-state index in [1.54, 1.807) is 0 Å². The maximum absolute atomic E-state index is 12.4. The molecule has 6 rings (SSSR count). The summed E-state index contributed by atoms with van der Waals surface area (Å²) in [6.07, 6.45) is 9.98. The molecule has 0 aromatic heterocycles. The van der Waals surface area contributed by atoms with Gasteiger partial charge in [0.15, 0.2) is 5.78 Å². The average Bonchev–Trinajstić information content (AvgIpc) is 3.46. The van der Waals surface area contributed by atoms with Gasteiger partial charge in [-0.05, 0) is 87.0 Å². The highest BCUT2D eigenvalue weighted by Crippen LogP contribution is 2.79. The number of epoxide rings is 1. The monoisotopic (exact) mass is 493 g/mol. The molecule has 1 aromatic rings. The van der Waals surface area contributed by atoms with Crippen LogP contribution in [0.15, 0.2) is 41.1 Å². The number of carbonyl (C=O) groups excluding carboxylic acids is 1. The largest absolute Gasteiger partial charge is 0.411 e. The van der Waals surface area contributed by atoms with Crippen molar-refractivity contribution in [2.24, 2.45) is 22.4 Å². The Morgan fingerprint density at radius 1 is 1.17 bits per heavy atom. The molecule has 4 aliphatic carbocycles. The van der Waals surface area contributed by atoms with Gasteiger partial charge in [0.1, 0.15) is 11.2 Å².